The summed E-state index contributed by atoms with van der Waals surface area (Å²) in [5.74, 6) is 1.38. The molecule has 0 aliphatic rings. The lowest BCUT2D eigenvalue weighted by Gasteiger charge is -2.09. The summed E-state index contributed by atoms with van der Waals surface area (Å²) in [5, 5.41) is 11.2. The Morgan fingerprint density at radius 2 is 2.18 bits per heavy atom. The standard InChI is InChI=1S/C13H15ClN4OS3/c1-3-6-20-12-17-18-13(22-12)21-8(2)11(19)16-10-5-4-9(14)7-15-10/h4-5,7-8H,3,6H2,1-2H3,(H,15,16,19)/t8-/m0/s1. The molecule has 0 fully saturated rings. The van der Waals surface area contributed by atoms with E-state index in [0.717, 1.165) is 20.9 Å². The number of thioether (sulfide) groups is 2. The molecule has 0 bridgehead atoms. The highest BCUT2D eigenvalue weighted by atomic mass is 35.5. The van der Waals surface area contributed by atoms with Gasteiger partial charge in [-0.2, -0.15) is 0 Å². The summed E-state index contributed by atoms with van der Waals surface area (Å²) in [6.45, 7) is 3.96. The van der Waals surface area contributed by atoms with Gasteiger partial charge >= 0.3 is 0 Å². The van der Waals surface area contributed by atoms with E-state index in [9.17, 15) is 4.79 Å². The number of nitrogens with one attached hydrogen (secondary N) is 1. The smallest absolute Gasteiger partial charge is 0.238 e. The molecule has 9 heteroatoms. The molecule has 22 heavy (non-hydrogen) atoms. The Kier molecular flexibility index (Phi) is 6.94. The van der Waals surface area contributed by atoms with Crippen LogP contribution in [-0.4, -0.2) is 32.1 Å². The van der Waals surface area contributed by atoms with Gasteiger partial charge in [-0.25, -0.2) is 4.98 Å². The van der Waals surface area contributed by atoms with Crippen molar-refractivity contribution in [1.29, 1.82) is 0 Å². The van der Waals surface area contributed by atoms with Gasteiger partial charge in [-0.1, -0.05) is 53.4 Å². The largest absolute Gasteiger partial charge is 0.310 e. The van der Waals surface area contributed by atoms with E-state index in [0.29, 0.717) is 10.8 Å². The Labute approximate surface area is 146 Å². The van der Waals surface area contributed by atoms with E-state index >= 15 is 0 Å². The van der Waals surface area contributed by atoms with Crippen LogP contribution in [0.25, 0.3) is 0 Å². The molecule has 2 aromatic heterocycles. The number of anilines is 1. The number of hydrogen-bond donors (Lipinski definition) is 1. The molecule has 2 heterocycles. The van der Waals surface area contributed by atoms with Crippen molar-refractivity contribution >= 4 is 58.2 Å². The fourth-order valence-corrected chi connectivity index (χ4v) is 4.58. The van der Waals surface area contributed by atoms with Crippen LogP contribution in [-0.2, 0) is 4.79 Å². The number of pyridine rings is 1. The van der Waals surface area contributed by atoms with Gasteiger partial charge in [0.1, 0.15) is 5.82 Å². The Hall–Kier alpha value is -0.830. The minimum Gasteiger partial charge on any atom is -0.310 e. The fourth-order valence-electron chi connectivity index (χ4n) is 1.37. The highest BCUT2D eigenvalue weighted by Gasteiger charge is 2.17. The van der Waals surface area contributed by atoms with Gasteiger partial charge in [0.25, 0.3) is 0 Å². The van der Waals surface area contributed by atoms with Crippen LogP contribution in [0.4, 0.5) is 5.82 Å². The Morgan fingerprint density at radius 1 is 1.41 bits per heavy atom. The second kappa shape index (κ2) is 8.71. The van der Waals surface area contributed by atoms with Crippen molar-refractivity contribution in [3.63, 3.8) is 0 Å². The molecule has 0 aromatic carbocycles. The fraction of sp³-hybridized carbons (Fsp3) is 0.385. The van der Waals surface area contributed by atoms with Crippen LogP contribution in [0.1, 0.15) is 20.3 Å². The summed E-state index contributed by atoms with van der Waals surface area (Å²) in [6.07, 6.45) is 2.59. The van der Waals surface area contributed by atoms with Crippen molar-refractivity contribution in [3.05, 3.63) is 23.4 Å². The van der Waals surface area contributed by atoms with E-state index < -0.39 is 0 Å². The molecule has 0 unspecified atom stereocenters. The molecule has 0 radical (unpaired) electrons. The first-order chi connectivity index (χ1) is 10.6. The normalized spacial score (nSPS) is 12.1. The monoisotopic (exact) mass is 374 g/mol. The lowest BCUT2D eigenvalue weighted by molar-refractivity contribution is -0.115. The van der Waals surface area contributed by atoms with E-state index in [1.54, 1.807) is 23.9 Å². The first kappa shape index (κ1) is 17.5. The molecule has 0 aliphatic heterocycles. The van der Waals surface area contributed by atoms with Crippen LogP contribution in [0, 0.1) is 0 Å². The van der Waals surface area contributed by atoms with Crippen molar-refractivity contribution in [2.75, 3.05) is 11.1 Å². The predicted octanol–water partition coefficient (Wildman–Crippen LogP) is 4.21. The average Bonchev–Trinajstić information content (AvgIpc) is 2.95. The number of amides is 1. The van der Waals surface area contributed by atoms with Gasteiger partial charge in [0, 0.05) is 11.9 Å². The van der Waals surface area contributed by atoms with Crippen LogP contribution in [0.5, 0.6) is 0 Å². The maximum absolute atomic E-state index is 12.1. The molecule has 1 atom stereocenters. The van der Waals surface area contributed by atoms with Crippen LogP contribution in [0.2, 0.25) is 5.02 Å². The molecule has 0 saturated carbocycles. The second-order valence-corrected chi connectivity index (χ2v) is 8.64. The third kappa shape index (κ3) is 5.42. The summed E-state index contributed by atoms with van der Waals surface area (Å²) in [4.78, 5) is 16.2. The molecule has 118 valence electrons. The number of carbonyl (C=O) groups excluding carboxylic acids is 1. The van der Waals surface area contributed by atoms with E-state index in [2.05, 4.69) is 27.4 Å². The zero-order valence-corrected chi connectivity index (χ0v) is 15.3. The van der Waals surface area contributed by atoms with Crippen molar-refractivity contribution in [3.8, 4) is 0 Å². The third-order valence-corrected chi connectivity index (χ3v) is 6.11. The second-order valence-electron chi connectivity index (χ2n) is 4.29. The average molecular weight is 375 g/mol. The quantitative estimate of drug-likeness (QED) is 0.732. The van der Waals surface area contributed by atoms with E-state index in [-0.39, 0.29) is 11.2 Å². The molecule has 0 saturated heterocycles. The van der Waals surface area contributed by atoms with Gasteiger partial charge in [0.15, 0.2) is 8.68 Å². The molecule has 1 N–H and O–H groups in total. The third-order valence-electron chi connectivity index (χ3n) is 2.44. The summed E-state index contributed by atoms with van der Waals surface area (Å²) < 4.78 is 1.74. The van der Waals surface area contributed by atoms with Crippen LogP contribution in [0.15, 0.2) is 27.0 Å². The van der Waals surface area contributed by atoms with E-state index in [1.165, 1.54) is 29.3 Å². The van der Waals surface area contributed by atoms with Crippen LogP contribution in [0.3, 0.4) is 0 Å². The summed E-state index contributed by atoms with van der Waals surface area (Å²) >= 11 is 10.4. The van der Waals surface area contributed by atoms with Crippen molar-refractivity contribution < 1.29 is 4.79 Å². The van der Waals surface area contributed by atoms with Gasteiger partial charge in [-0.05, 0) is 25.5 Å². The summed E-state index contributed by atoms with van der Waals surface area (Å²) in [7, 11) is 0. The lowest BCUT2D eigenvalue weighted by atomic mass is 10.4. The van der Waals surface area contributed by atoms with Gasteiger partial charge in [-0.3, -0.25) is 4.79 Å². The molecule has 2 rings (SSSR count). The first-order valence-corrected chi connectivity index (χ1v) is 9.70. The SMILES string of the molecule is CCCSc1nnc(S[C@@H](C)C(=O)Nc2ccc(Cl)cn2)s1. The Balaban J connectivity index is 1.87. The molecule has 1 amide bonds. The number of aromatic nitrogens is 3. The summed E-state index contributed by atoms with van der Waals surface area (Å²) in [6, 6.07) is 3.35. The van der Waals surface area contributed by atoms with Gasteiger partial charge in [0.2, 0.25) is 5.91 Å². The maximum Gasteiger partial charge on any atom is 0.238 e. The van der Waals surface area contributed by atoms with Gasteiger partial charge in [-0.15, -0.1) is 10.2 Å². The zero-order chi connectivity index (χ0) is 15.9. The van der Waals surface area contributed by atoms with Crippen LogP contribution < -0.4 is 5.32 Å². The number of rotatable bonds is 7. The molecule has 0 spiro atoms. The number of carbonyl (C=O) groups is 1. The Morgan fingerprint density at radius 3 is 2.86 bits per heavy atom. The van der Waals surface area contributed by atoms with E-state index in [4.69, 9.17) is 11.6 Å². The number of nitrogens with zero attached hydrogens (tertiary/aromatic N) is 3. The van der Waals surface area contributed by atoms with Crippen LogP contribution >= 0.6 is 46.5 Å². The predicted molar refractivity (Wildman–Crippen MR) is 94.1 cm³/mol. The van der Waals surface area contributed by atoms with Crippen molar-refractivity contribution in [2.24, 2.45) is 0 Å². The minimum absolute atomic E-state index is 0.127. The molecular weight excluding hydrogens is 360 g/mol. The molecular formula is C13H15ClN4OS3. The molecule has 2 aromatic rings. The lowest BCUT2D eigenvalue weighted by Crippen LogP contribution is -2.22. The summed E-state index contributed by atoms with van der Waals surface area (Å²) in [5.41, 5.74) is 0. The number of hydrogen-bond acceptors (Lipinski definition) is 7. The first-order valence-electron chi connectivity index (χ1n) is 6.64. The Bertz CT molecular complexity index is 620. The zero-order valence-electron chi connectivity index (χ0n) is 12.1. The number of halogens is 1. The topological polar surface area (TPSA) is 67.8 Å². The maximum atomic E-state index is 12.1. The minimum atomic E-state index is -0.283. The van der Waals surface area contributed by atoms with Gasteiger partial charge < -0.3 is 5.32 Å². The highest BCUT2D eigenvalue weighted by Crippen LogP contribution is 2.31. The highest BCUT2D eigenvalue weighted by molar-refractivity contribution is 8.03. The molecule has 0 aliphatic carbocycles. The van der Waals surface area contributed by atoms with Gasteiger partial charge in [0.05, 0.1) is 10.3 Å². The van der Waals surface area contributed by atoms with Crippen molar-refractivity contribution in [2.45, 2.75) is 34.2 Å². The molecule has 5 nitrogen and oxygen atoms in total. The van der Waals surface area contributed by atoms with E-state index in [1.807, 2.05) is 6.92 Å². The van der Waals surface area contributed by atoms with Crippen molar-refractivity contribution in [1.82, 2.24) is 15.2 Å².